The molecular weight excluding hydrogens is 432 g/mol. The van der Waals surface area contributed by atoms with Crippen molar-refractivity contribution in [2.45, 2.75) is 36.9 Å². The zero-order valence-electron chi connectivity index (χ0n) is 19.2. The monoisotopic (exact) mass is 462 g/mol. The van der Waals surface area contributed by atoms with Crippen LogP contribution in [0.25, 0.3) is 0 Å². The van der Waals surface area contributed by atoms with E-state index in [9.17, 15) is 4.79 Å². The third-order valence-electron chi connectivity index (χ3n) is 5.63. The van der Waals surface area contributed by atoms with E-state index >= 15 is 0 Å². The number of rotatable bonds is 9. The number of benzene rings is 2. The van der Waals surface area contributed by atoms with Gasteiger partial charge in [0, 0.05) is 51.2 Å². The number of methoxy groups -OCH3 is 1. The van der Waals surface area contributed by atoms with Gasteiger partial charge in [-0.3, -0.25) is 4.79 Å². The molecule has 4 rings (SSSR count). The molecule has 6 nitrogen and oxygen atoms in total. The van der Waals surface area contributed by atoms with Gasteiger partial charge < -0.3 is 14.5 Å². The molecule has 0 unspecified atom stereocenters. The molecular formula is C26H30N4O2S. The van der Waals surface area contributed by atoms with Gasteiger partial charge in [0.2, 0.25) is 0 Å². The summed E-state index contributed by atoms with van der Waals surface area (Å²) < 4.78 is 5.33. The molecule has 3 aromatic rings. The van der Waals surface area contributed by atoms with Crippen LogP contribution in [0.3, 0.4) is 0 Å². The van der Waals surface area contributed by atoms with Crippen molar-refractivity contribution in [1.29, 1.82) is 0 Å². The predicted octanol–water partition coefficient (Wildman–Crippen LogP) is 4.79. The number of aromatic nitrogens is 2. The van der Waals surface area contributed by atoms with E-state index in [-0.39, 0.29) is 5.91 Å². The van der Waals surface area contributed by atoms with Crippen molar-refractivity contribution < 1.29 is 9.53 Å². The summed E-state index contributed by atoms with van der Waals surface area (Å²) in [6, 6.07) is 20.2. The number of hydrogen-bond acceptors (Lipinski definition) is 6. The van der Waals surface area contributed by atoms with Gasteiger partial charge in [0.1, 0.15) is 5.82 Å². The highest BCUT2D eigenvalue weighted by atomic mass is 32.2. The highest BCUT2D eigenvalue weighted by Crippen LogP contribution is 2.24. The average molecular weight is 463 g/mol. The molecule has 1 amide bonds. The number of ether oxygens (including phenoxy) is 1. The molecule has 1 fully saturated rings. The molecule has 7 heteroatoms. The van der Waals surface area contributed by atoms with E-state index in [2.05, 4.69) is 28.1 Å². The van der Waals surface area contributed by atoms with Gasteiger partial charge in [0.05, 0.1) is 12.3 Å². The molecule has 1 aromatic heterocycles. The normalized spacial score (nSPS) is 13.3. The quantitative estimate of drug-likeness (QED) is 0.337. The number of hydrogen-bond donors (Lipinski definition) is 0. The molecule has 0 atom stereocenters. The molecule has 33 heavy (non-hydrogen) atoms. The van der Waals surface area contributed by atoms with Crippen LogP contribution < -0.4 is 4.90 Å². The number of anilines is 1. The summed E-state index contributed by atoms with van der Waals surface area (Å²) in [4.78, 5) is 26.3. The van der Waals surface area contributed by atoms with Gasteiger partial charge in [-0.1, -0.05) is 54.2 Å². The molecule has 0 N–H and O–H groups in total. The Morgan fingerprint density at radius 1 is 1.03 bits per heavy atom. The summed E-state index contributed by atoms with van der Waals surface area (Å²) >= 11 is 1.57. The second-order valence-electron chi connectivity index (χ2n) is 8.26. The van der Waals surface area contributed by atoms with Crippen molar-refractivity contribution >= 4 is 23.5 Å². The minimum atomic E-state index is 0.127. The zero-order valence-corrected chi connectivity index (χ0v) is 20.1. The Labute approximate surface area is 200 Å². The summed E-state index contributed by atoms with van der Waals surface area (Å²) in [6.07, 6.45) is 2.19. The van der Waals surface area contributed by atoms with Crippen LogP contribution in [0.2, 0.25) is 0 Å². The molecule has 2 aromatic carbocycles. The lowest BCUT2D eigenvalue weighted by molar-refractivity contribution is 0.0792. The summed E-state index contributed by atoms with van der Waals surface area (Å²) in [5.41, 5.74) is 3.92. The summed E-state index contributed by atoms with van der Waals surface area (Å²) in [6.45, 7) is 2.91. The van der Waals surface area contributed by atoms with E-state index in [0.29, 0.717) is 17.5 Å². The van der Waals surface area contributed by atoms with Crippen molar-refractivity contribution in [3.63, 3.8) is 0 Å². The van der Waals surface area contributed by atoms with Gasteiger partial charge in [-0.25, -0.2) is 9.97 Å². The first-order valence-electron chi connectivity index (χ1n) is 11.3. The summed E-state index contributed by atoms with van der Waals surface area (Å²) in [7, 11) is 3.71. The summed E-state index contributed by atoms with van der Waals surface area (Å²) in [5, 5.41) is 0.704. The van der Waals surface area contributed by atoms with E-state index in [4.69, 9.17) is 9.72 Å². The van der Waals surface area contributed by atoms with E-state index in [1.54, 1.807) is 18.9 Å². The predicted molar refractivity (Wildman–Crippen MR) is 132 cm³/mol. The Morgan fingerprint density at radius 2 is 1.79 bits per heavy atom. The van der Waals surface area contributed by atoms with Gasteiger partial charge in [-0.05, 0) is 36.1 Å². The maximum absolute atomic E-state index is 12.7. The highest BCUT2D eigenvalue weighted by Gasteiger charge is 2.19. The summed E-state index contributed by atoms with van der Waals surface area (Å²) in [5.74, 6) is 1.68. The number of thioether (sulfide) groups is 1. The SMILES string of the molecule is COCc1cc(N(C)Cc2ccccc2)nc(SCc2cccc(C(=O)N3CCCC3)c2)n1. The van der Waals surface area contributed by atoms with Gasteiger partial charge in [-0.2, -0.15) is 0 Å². The van der Waals surface area contributed by atoms with Crippen LogP contribution in [-0.4, -0.2) is 48.0 Å². The van der Waals surface area contributed by atoms with Gasteiger partial charge in [0.15, 0.2) is 5.16 Å². The molecule has 0 bridgehead atoms. The van der Waals surface area contributed by atoms with Crippen LogP contribution in [0.1, 0.15) is 40.0 Å². The van der Waals surface area contributed by atoms with Crippen molar-refractivity contribution in [2.24, 2.45) is 0 Å². The van der Waals surface area contributed by atoms with Crippen molar-refractivity contribution in [2.75, 3.05) is 32.1 Å². The number of carbonyl (C=O) groups excluding carboxylic acids is 1. The van der Waals surface area contributed by atoms with Crippen molar-refractivity contribution in [3.05, 3.63) is 83.0 Å². The smallest absolute Gasteiger partial charge is 0.253 e. The average Bonchev–Trinajstić information content (AvgIpc) is 3.38. The number of carbonyl (C=O) groups is 1. The number of amides is 1. The Morgan fingerprint density at radius 3 is 2.55 bits per heavy atom. The Hall–Kier alpha value is -2.90. The number of nitrogens with zero attached hydrogens (tertiary/aromatic N) is 4. The lowest BCUT2D eigenvalue weighted by atomic mass is 10.1. The molecule has 0 saturated carbocycles. The van der Waals surface area contributed by atoms with E-state index < -0.39 is 0 Å². The topological polar surface area (TPSA) is 58.6 Å². The molecule has 1 aliphatic heterocycles. The molecule has 172 valence electrons. The first-order valence-corrected chi connectivity index (χ1v) is 12.2. The minimum Gasteiger partial charge on any atom is -0.378 e. The van der Waals surface area contributed by atoms with Crippen LogP contribution >= 0.6 is 11.8 Å². The molecule has 0 aliphatic carbocycles. The minimum absolute atomic E-state index is 0.127. The maximum Gasteiger partial charge on any atom is 0.253 e. The molecule has 2 heterocycles. The van der Waals surface area contributed by atoms with Gasteiger partial charge in [-0.15, -0.1) is 0 Å². The van der Waals surface area contributed by atoms with Crippen LogP contribution in [-0.2, 0) is 23.6 Å². The third-order valence-corrected chi connectivity index (χ3v) is 6.54. The van der Waals surface area contributed by atoms with Crippen LogP contribution in [0.5, 0.6) is 0 Å². The van der Waals surface area contributed by atoms with E-state index in [1.807, 2.05) is 54.4 Å². The first-order chi connectivity index (χ1) is 16.1. The van der Waals surface area contributed by atoms with Crippen LogP contribution in [0.4, 0.5) is 5.82 Å². The van der Waals surface area contributed by atoms with Crippen molar-refractivity contribution in [3.8, 4) is 0 Å². The van der Waals surface area contributed by atoms with E-state index in [1.165, 1.54) is 5.56 Å². The fraction of sp³-hybridized carbons (Fsp3) is 0.346. The highest BCUT2D eigenvalue weighted by molar-refractivity contribution is 7.98. The first kappa shape index (κ1) is 23.3. The second-order valence-corrected chi connectivity index (χ2v) is 9.21. The van der Waals surface area contributed by atoms with Gasteiger partial charge >= 0.3 is 0 Å². The Kier molecular flexibility index (Phi) is 7.96. The Bertz CT molecular complexity index is 1070. The molecule has 1 aliphatic rings. The van der Waals surface area contributed by atoms with Crippen LogP contribution in [0, 0.1) is 0 Å². The standard InChI is InChI=1S/C26H30N4O2S/c1-29(17-20-9-4-3-5-10-20)24-16-23(18-32-2)27-26(28-24)33-19-21-11-8-12-22(15-21)25(31)30-13-6-7-14-30/h3-5,8-12,15-16H,6-7,13-14,17-19H2,1-2H3. The lowest BCUT2D eigenvalue weighted by Gasteiger charge is -2.19. The third kappa shape index (κ3) is 6.33. The van der Waals surface area contributed by atoms with E-state index in [0.717, 1.165) is 55.1 Å². The van der Waals surface area contributed by atoms with Crippen molar-refractivity contribution in [1.82, 2.24) is 14.9 Å². The number of likely N-dealkylation sites (tertiary alicyclic amines) is 1. The fourth-order valence-electron chi connectivity index (χ4n) is 3.92. The second kappa shape index (κ2) is 11.3. The molecule has 0 radical (unpaired) electrons. The lowest BCUT2D eigenvalue weighted by Crippen LogP contribution is -2.27. The zero-order chi connectivity index (χ0) is 23.0. The Balaban J connectivity index is 1.47. The fourth-order valence-corrected chi connectivity index (χ4v) is 4.74. The molecule has 1 saturated heterocycles. The molecule has 0 spiro atoms. The van der Waals surface area contributed by atoms with Gasteiger partial charge in [0.25, 0.3) is 5.91 Å². The largest absolute Gasteiger partial charge is 0.378 e. The maximum atomic E-state index is 12.7. The van der Waals surface area contributed by atoms with Crippen LogP contribution in [0.15, 0.2) is 65.8 Å².